The van der Waals surface area contributed by atoms with Crippen LogP contribution in [0.5, 0.6) is 0 Å². The van der Waals surface area contributed by atoms with Gasteiger partial charge >= 0.3 is 5.97 Å². The number of carbonyl (C=O) groups is 1. The molecule has 5 rings (SSSR count). The number of aromatic nitrogens is 3. The Morgan fingerprint density at radius 3 is 2.31 bits per heavy atom. The van der Waals surface area contributed by atoms with Crippen LogP contribution < -0.4 is 0 Å². The van der Waals surface area contributed by atoms with Crippen LogP contribution in [0.3, 0.4) is 0 Å². The molecule has 0 radical (unpaired) electrons. The van der Waals surface area contributed by atoms with Crippen molar-refractivity contribution in [3.8, 4) is 0 Å². The first kappa shape index (κ1) is 57.8. The molecule has 16 nitrogen and oxygen atoms in total. The van der Waals surface area contributed by atoms with Crippen LogP contribution in [0.1, 0.15) is 144 Å². The van der Waals surface area contributed by atoms with Gasteiger partial charge in [0.05, 0.1) is 47.8 Å². The summed E-state index contributed by atoms with van der Waals surface area (Å²) in [7, 11) is 5.59. The van der Waals surface area contributed by atoms with E-state index in [4.69, 9.17) is 23.7 Å². The second kappa shape index (κ2) is 24.7. The number of carbonyl (C=O) groups excluding carboxylic acids is 1. The number of halogens is 1. The Balaban J connectivity index is 1.40. The normalized spacial score (nSPS) is 37.6. The fourth-order valence-corrected chi connectivity index (χ4v) is 12.2. The van der Waals surface area contributed by atoms with Gasteiger partial charge in [-0.1, -0.05) is 83.1 Å². The molecule has 17 heteroatoms. The molecule has 4 heterocycles. The van der Waals surface area contributed by atoms with Crippen molar-refractivity contribution < 1.29 is 53.4 Å². The summed E-state index contributed by atoms with van der Waals surface area (Å²) in [5.41, 5.74) is 0.512. The van der Waals surface area contributed by atoms with E-state index in [0.717, 1.165) is 29.7 Å². The zero-order valence-corrected chi connectivity index (χ0v) is 44.9. The van der Waals surface area contributed by atoms with Crippen molar-refractivity contribution in [1.82, 2.24) is 24.8 Å². The lowest BCUT2D eigenvalue weighted by Crippen LogP contribution is -2.59. The Morgan fingerprint density at radius 2 is 1.71 bits per heavy atom. The minimum absolute atomic E-state index is 0.0813. The van der Waals surface area contributed by atoms with E-state index in [1.54, 1.807) is 31.8 Å². The zero-order valence-electron chi connectivity index (χ0n) is 44.9. The molecule has 3 aliphatic rings. The number of rotatable bonds is 14. The van der Waals surface area contributed by atoms with Gasteiger partial charge in [0, 0.05) is 57.2 Å². The van der Waals surface area contributed by atoms with E-state index in [9.17, 15) is 29.7 Å². The van der Waals surface area contributed by atoms with Gasteiger partial charge in [0.2, 0.25) is 0 Å². The molecule has 1 unspecified atom stereocenters. The van der Waals surface area contributed by atoms with Crippen LogP contribution in [0, 0.1) is 35.0 Å². The molecule has 18 atom stereocenters. The summed E-state index contributed by atoms with van der Waals surface area (Å²) in [6.07, 6.45) is -0.113. The Bertz CT molecular complexity index is 1960. The van der Waals surface area contributed by atoms with Gasteiger partial charge in [0.15, 0.2) is 6.29 Å². The second-order valence-corrected chi connectivity index (χ2v) is 22.5. The predicted octanol–water partition coefficient (Wildman–Crippen LogP) is 7.01. The Hall–Kier alpha value is -3.13. The molecular weight excluding hydrogens is 900 g/mol. The highest BCUT2D eigenvalue weighted by molar-refractivity contribution is 5.98. The average Bonchev–Trinajstić information content (AvgIpc) is 3.79. The molecule has 398 valence electrons. The molecule has 70 heavy (non-hydrogen) atoms. The summed E-state index contributed by atoms with van der Waals surface area (Å²) in [4.78, 5) is 18.9. The van der Waals surface area contributed by atoms with Gasteiger partial charge in [0.25, 0.3) is 0 Å². The standard InChI is InChI=1S/C53H89FN6O10/c1-16-44-53(12,64)49(62)36(8)59(14)28-30(2)26-52(10,11)50(33(5)46(34(6)51(63)69-44)43-23-31(3)47(61)37(9)68-43)70-45-25-41(24-32(4)67-45)58(13)22-21-40-29-60(57-55-40)42(27-54)48(66-15)39-19-17-38(18-20-39)35(7)56-65/h17-20,29-34,36-37,41-50,61-62,64-65H,16,21-28H2,1-15H3/b56-35+/t30-,31+,32-,33+,34-,36-,37+,41+,42-,43?,44-,45+,46+,47-,48-,49-,50-,53-/m1/s1. The molecule has 0 saturated carbocycles. The molecule has 0 aliphatic carbocycles. The molecule has 0 bridgehead atoms. The summed E-state index contributed by atoms with van der Waals surface area (Å²) in [6.45, 7) is 24.2. The molecule has 3 fully saturated rings. The number of ether oxygens (including phenoxy) is 5. The summed E-state index contributed by atoms with van der Waals surface area (Å²) >= 11 is 0. The van der Waals surface area contributed by atoms with E-state index in [1.807, 2.05) is 65.9 Å². The fourth-order valence-electron chi connectivity index (χ4n) is 12.2. The van der Waals surface area contributed by atoms with Crippen molar-refractivity contribution in [2.45, 2.75) is 200 Å². The molecular formula is C53H89FN6O10. The first-order valence-corrected chi connectivity index (χ1v) is 25.8. The summed E-state index contributed by atoms with van der Waals surface area (Å²) in [5.74, 6) is -1.80. The number of nitrogens with zero attached hydrogens (tertiary/aromatic N) is 6. The maximum absolute atomic E-state index is 14.8. The minimum atomic E-state index is -1.73. The van der Waals surface area contributed by atoms with Crippen molar-refractivity contribution in [2.24, 2.45) is 40.2 Å². The fraction of sp³-hybridized carbons (Fsp3) is 0.811. The number of hydrogen-bond donors (Lipinski definition) is 4. The highest BCUT2D eigenvalue weighted by atomic mass is 19.1. The SMILES string of the molecule is CC[C@H]1OC(=O)[C@H](C)[C@@H](C2C[C@H](C)[C@@H](O)[C@H](C)O2)[C@H](C)[C@@H](O[C@H]2C[C@@H](N(C)CCc3cn([C@H](CF)[C@H](OC)c4ccc(/C(C)=N/O)cc4)nn3)C[C@@H](C)O2)C(C)(C)C[C@@H](C)CN(C)[C@H](C)[C@@H](O)[C@]1(C)O. The summed E-state index contributed by atoms with van der Waals surface area (Å²) in [6, 6.07) is 6.19. The number of likely N-dealkylation sites (N-methyl/N-ethyl adjacent to an activating group) is 2. The van der Waals surface area contributed by atoms with Gasteiger partial charge in [-0.05, 0) is 109 Å². The molecule has 0 spiro atoms. The number of esters is 1. The van der Waals surface area contributed by atoms with E-state index in [2.05, 4.69) is 66.9 Å². The van der Waals surface area contributed by atoms with Crippen LogP contribution in [-0.2, 0) is 34.9 Å². The number of alkyl halides is 1. The number of aliphatic hydroxyl groups is 3. The van der Waals surface area contributed by atoms with Crippen LogP contribution in [0.15, 0.2) is 35.6 Å². The van der Waals surface area contributed by atoms with Crippen molar-refractivity contribution >= 4 is 11.7 Å². The van der Waals surface area contributed by atoms with Crippen LogP contribution in [0.2, 0.25) is 0 Å². The Labute approximate surface area is 417 Å². The molecule has 3 saturated heterocycles. The van der Waals surface area contributed by atoms with Crippen LogP contribution in [-0.4, -0.2) is 165 Å². The number of oxime groups is 1. The Kier molecular flexibility index (Phi) is 20.4. The average molecular weight is 989 g/mol. The third-order valence-electron chi connectivity index (χ3n) is 16.4. The number of cyclic esters (lactones) is 1. The van der Waals surface area contributed by atoms with E-state index in [0.29, 0.717) is 44.5 Å². The smallest absolute Gasteiger partial charge is 0.309 e. The molecule has 4 N–H and O–H groups in total. The number of methoxy groups -OCH3 is 1. The van der Waals surface area contributed by atoms with Gasteiger partial charge in [-0.3, -0.25) is 4.79 Å². The lowest BCUT2D eigenvalue weighted by molar-refractivity contribution is -0.258. The maximum atomic E-state index is 14.8. The van der Waals surface area contributed by atoms with E-state index < -0.39 is 96.6 Å². The van der Waals surface area contributed by atoms with Crippen LogP contribution in [0.25, 0.3) is 0 Å². The van der Waals surface area contributed by atoms with Crippen molar-refractivity contribution in [2.75, 3.05) is 41.0 Å². The van der Waals surface area contributed by atoms with E-state index in [-0.39, 0.29) is 29.9 Å². The van der Waals surface area contributed by atoms with Crippen molar-refractivity contribution in [3.05, 3.63) is 47.3 Å². The van der Waals surface area contributed by atoms with Crippen molar-refractivity contribution in [3.63, 3.8) is 0 Å². The summed E-state index contributed by atoms with van der Waals surface area (Å²) < 4.78 is 49.1. The van der Waals surface area contributed by atoms with Gasteiger partial charge < -0.3 is 54.0 Å². The number of hydrogen-bond acceptors (Lipinski definition) is 15. The first-order valence-electron chi connectivity index (χ1n) is 25.8. The quantitative estimate of drug-likeness (QED) is 0.0654. The van der Waals surface area contributed by atoms with E-state index >= 15 is 0 Å². The third kappa shape index (κ3) is 13.5. The largest absolute Gasteiger partial charge is 0.459 e. The number of benzene rings is 1. The lowest BCUT2D eigenvalue weighted by atomic mass is 9.66. The lowest BCUT2D eigenvalue weighted by Gasteiger charge is -2.49. The Morgan fingerprint density at radius 1 is 1.04 bits per heavy atom. The molecule has 1 aromatic carbocycles. The topological polar surface area (TPSA) is 194 Å². The first-order chi connectivity index (χ1) is 32.9. The van der Waals surface area contributed by atoms with Gasteiger partial charge in [-0.15, -0.1) is 5.10 Å². The van der Waals surface area contributed by atoms with Gasteiger partial charge in [-0.2, -0.15) is 0 Å². The van der Waals surface area contributed by atoms with Crippen LogP contribution >= 0.6 is 0 Å². The number of aliphatic hydroxyl groups excluding tert-OH is 2. The second-order valence-electron chi connectivity index (χ2n) is 22.5. The van der Waals surface area contributed by atoms with Crippen LogP contribution in [0.4, 0.5) is 4.39 Å². The summed E-state index contributed by atoms with van der Waals surface area (Å²) in [5, 5.41) is 55.9. The molecule has 0 amide bonds. The monoisotopic (exact) mass is 989 g/mol. The maximum Gasteiger partial charge on any atom is 0.309 e. The predicted molar refractivity (Wildman–Crippen MR) is 266 cm³/mol. The molecule has 2 aromatic rings. The third-order valence-corrected chi connectivity index (χ3v) is 16.4. The highest BCUT2D eigenvalue weighted by Gasteiger charge is 2.51. The minimum Gasteiger partial charge on any atom is -0.459 e. The van der Waals surface area contributed by atoms with Crippen molar-refractivity contribution in [1.29, 1.82) is 0 Å². The van der Waals surface area contributed by atoms with E-state index in [1.165, 1.54) is 0 Å². The highest BCUT2D eigenvalue weighted by Crippen LogP contribution is 2.46. The molecule has 3 aliphatic heterocycles. The van der Waals surface area contributed by atoms with Gasteiger partial charge in [0.1, 0.15) is 36.6 Å². The zero-order chi connectivity index (χ0) is 52.0. The van der Waals surface area contributed by atoms with Gasteiger partial charge in [-0.25, -0.2) is 9.07 Å². The molecule has 1 aromatic heterocycles.